The molecule has 133 heavy (non-hydrogen) atoms. The van der Waals surface area contributed by atoms with E-state index in [1.807, 2.05) is 18.6 Å². The number of halogens is 3. The molecule has 0 saturated carbocycles. The van der Waals surface area contributed by atoms with Gasteiger partial charge in [0.15, 0.2) is 0 Å². The van der Waals surface area contributed by atoms with E-state index in [0.29, 0.717) is 0 Å². The first-order valence-corrected chi connectivity index (χ1v) is 45.5. The van der Waals surface area contributed by atoms with E-state index in [1.54, 1.807) is 0 Å². The number of nitrogens with one attached hydrogen (secondary N) is 6. The third kappa shape index (κ3) is 20.1. The minimum atomic E-state index is -1.51. The first-order chi connectivity index (χ1) is 61.5. The van der Waals surface area contributed by atoms with Gasteiger partial charge in [-0.1, -0.05) is 159 Å². The summed E-state index contributed by atoms with van der Waals surface area (Å²) in [5, 5.41) is 37.5. The molecule has 0 aliphatic carbocycles. The third-order valence-corrected chi connectivity index (χ3v) is 26.4. The van der Waals surface area contributed by atoms with Gasteiger partial charge in [0.25, 0.3) is 0 Å². The van der Waals surface area contributed by atoms with Crippen molar-refractivity contribution < 1.29 is 91.0 Å². The van der Waals surface area contributed by atoms with Crippen molar-refractivity contribution in [1.29, 1.82) is 0 Å². The zero-order valence-corrected chi connectivity index (χ0v) is 87.1. The Morgan fingerprint density at radius 2 is 0.308 bits per heavy atom. The average molecular weight is 1910 g/mol. The van der Waals surface area contributed by atoms with Crippen LogP contribution in [-0.4, -0.2) is 81.0 Å². The molecule has 9 aromatic carbocycles. The summed E-state index contributed by atoms with van der Waals surface area (Å²) in [5.74, 6) is 0. The molecule has 679 valence electrons. The van der Waals surface area contributed by atoms with Gasteiger partial charge in [0, 0.05) is 122 Å². The Morgan fingerprint density at radius 1 is 0.188 bits per heavy atom. The van der Waals surface area contributed by atoms with Crippen molar-refractivity contribution in [3.63, 3.8) is 0 Å². The molecule has 9 aromatic heterocycles. The summed E-state index contributed by atoms with van der Waals surface area (Å²) in [6.45, 7) is 58.9. The molecule has 18 nitrogen and oxygen atoms in total. The second kappa shape index (κ2) is 40.7. The van der Waals surface area contributed by atoms with Gasteiger partial charge in [-0.3, -0.25) is 0 Å². The van der Waals surface area contributed by atoms with Gasteiger partial charge in [-0.25, -0.2) is 73.4 Å². The molecule has 25 heteroatoms. The summed E-state index contributed by atoms with van der Waals surface area (Å²) >= 11 is 0. The molecule has 0 aliphatic heterocycles. The molecule has 0 spiro atoms. The van der Waals surface area contributed by atoms with Gasteiger partial charge in [-0.15, -0.1) is 0 Å². The summed E-state index contributed by atoms with van der Waals surface area (Å²) in [4.78, 5) is 0. The van der Waals surface area contributed by atoms with Gasteiger partial charge in [-0.2, -0.15) is 0 Å². The predicted molar refractivity (Wildman–Crippen MR) is 529 cm³/mol. The summed E-state index contributed by atoms with van der Waals surface area (Å²) in [6.07, 6.45) is 18.7. The Morgan fingerprint density at radius 3 is 0.436 bits per heavy atom. The molecular weight excluding hydrogens is 1780 g/mol. The molecule has 0 saturated heterocycles. The van der Waals surface area contributed by atoms with Crippen LogP contribution in [0.15, 0.2) is 220 Å². The van der Waals surface area contributed by atoms with E-state index in [9.17, 15) is 0 Å². The van der Waals surface area contributed by atoms with Gasteiger partial charge >= 0.3 is 47.6 Å². The van der Waals surface area contributed by atoms with E-state index >= 15 is 0 Å². The first-order valence-electron chi connectivity index (χ1n) is 45.5. The second-order valence-electron chi connectivity index (χ2n) is 37.8. The van der Waals surface area contributed by atoms with Crippen molar-refractivity contribution in [3.05, 3.63) is 370 Å². The van der Waals surface area contributed by atoms with Gasteiger partial charge in [0.05, 0.1) is 0 Å². The van der Waals surface area contributed by atoms with Gasteiger partial charge in [0.2, 0.25) is 0 Å². The van der Waals surface area contributed by atoms with Crippen LogP contribution >= 0.6 is 0 Å². The minimum absolute atomic E-state index is 0. The number of hydrogen-bond donors (Lipinski definition) is 6. The van der Waals surface area contributed by atoms with Crippen LogP contribution < -0.4 is 64.8 Å². The maximum Gasteiger partial charge on any atom is 3.00 e. The smallest absolute Gasteiger partial charge is 1.00 e. The Labute approximate surface area is 823 Å². The van der Waals surface area contributed by atoms with Crippen LogP contribution in [-0.2, 0) is 26.2 Å². The summed E-state index contributed by atoms with van der Waals surface area (Å²) in [5.41, 5.74) is 55.3. The predicted octanol–water partition coefficient (Wildman–Crippen LogP) is 10.7. The van der Waals surface area contributed by atoms with E-state index in [-0.39, 0.29) is 63.4 Å². The summed E-state index contributed by atoms with van der Waals surface area (Å²) in [7, 11) is -4.52. The number of hydrogen-bond acceptors (Lipinski definition) is 3. The molecule has 1 radical (unpaired) electrons. The fraction of sp³-hybridized carbons (Fsp3) is 0.250. The van der Waals surface area contributed by atoms with Crippen molar-refractivity contribution in [1.82, 2.24) is 59.7 Å². The molecule has 0 unspecified atom stereocenters. The van der Waals surface area contributed by atoms with Gasteiger partial charge in [-0.05, 0) is 305 Å². The maximum atomic E-state index is 4.98. The number of nitrogens with zero attached hydrogens (tertiary/aromatic N) is 12. The van der Waals surface area contributed by atoms with Crippen molar-refractivity contribution in [2.24, 2.45) is 0 Å². The average Bonchev–Trinajstić information content (AvgIpc) is 1.72. The van der Waals surface area contributed by atoms with Gasteiger partial charge in [0.1, 0.15) is 71.3 Å². The number of aromatic nitrogens is 18. The SMILES string of the molecule is Cc1cc(C)c(-c2cc[n+]([BH-](n3nccc3-c3c(C)cc(C)cc3C)[n+]3ccc(-c4c(C)cc(C)cc4C)[nH]3)[nH]2)c(C)c1.Cc1cc(C)c(-c2cc[n+]([BH-](n3nccc3-c3c(C)cc(C)cc3C)[n+]3ccc(-c4c(C)cc(C)cc4C)[nH]3)[nH]2)c(C)c1.Cc1cc(C)c(-c2cc[n+]([BH-](n3nccc3-c3c(C)cc(C)cc3C)[n+]3ccc(-c4c(C)cc(C)cc4C)[nH]3)[nH]2)c(C)c1.[Cl-].[Cl-].[Cl-].[Zr+3]. The number of rotatable bonds is 18. The van der Waals surface area contributed by atoms with Crippen LogP contribution in [0, 0.1) is 187 Å². The Kier molecular flexibility index (Phi) is 30.6. The molecular formula is C108H126B3Cl3N18Zr+3. The molecule has 18 rings (SSSR count). The Balaban J connectivity index is 0.000000177. The number of aryl methyl sites for hydroxylation is 27. The zero-order chi connectivity index (χ0) is 91.7. The van der Waals surface area contributed by atoms with Crippen molar-refractivity contribution >= 4 is 21.4 Å². The van der Waals surface area contributed by atoms with Crippen molar-refractivity contribution in [2.75, 3.05) is 0 Å². The van der Waals surface area contributed by atoms with Crippen molar-refractivity contribution in [2.45, 2.75) is 187 Å². The normalized spacial score (nSPS) is 11.2. The molecule has 0 amide bonds. The van der Waals surface area contributed by atoms with Crippen LogP contribution in [0.1, 0.15) is 150 Å². The summed E-state index contributed by atoms with van der Waals surface area (Å²) < 4.78 is 19.9. The van der Waals surface area contributed by atoms with E-state index in [1.165, 1.54) is 200 Å². The van der Waals surface area contributed by atoms with E-state index < -0.39 is 21.4 Å². The fourth-order valence-electron chi connectivity index (χ4n) is 22.2. The second-order valence-corrected chi connectivity index (χ2v) is 37.8. The molecule has 9 heterocycles. The van der Waals surface area contributed by atoms with Crippen molar-refractivity contribution in [3.8, 4) is 101 Å². The number of aromatic amines is 6. The fourth-order valence-corrected chi connectivity index (χ4v) is 22.2. The van der Waals surface area contributed by atoms with E-state index in [4.69, 9.17) is 15.3 Å². The molecule has 0 fully saturated rings. The van der Waals surface area contributed by atoms with Crippen LogP contribution in [0.25, 0.3) is 101 Å². The molecule has 0 atom stereocenters. The quantitative estimate of drug-likeness (QED) is 0.0471. The van der Waals surface area contributed by atoms with Crippen LogP contribution in [0.3, 0.4) is 0 Å². The minimum Gasteiger partial charge on any atom is -1.00 e. The standard InChI is InChI=1S/3C36H42BN6.3ClH.Zr/c3*1-22-16-25(4)34(26(5)17-22)31-11-14-41(39-31)37(42-15-12-32(40-42)35-27(6)18-23(2)19-28(35)7)43-33(10-13-38-43)36-29(8)20-24(3)21-30(36)9;;;;/h3*10-21,37,39-40H,1-9H3;3*1H;/q3*+1;;;;+3/p-3. The Hall–Kier alpha value is -12.2. The molecule has 0 aliphatic rings. The third-order valence-electron chi connectivity index (χ3n) is 26.4. The van der Waals surface area contributed by atoms with Gasteiger partial charge < -0.3 is 51.0 Å². The van der Waals surface area contributed by atoms with Crippen LogP contribution in [0.2, 0.25) is 0 Å². The molecule has 0 bridgehead atoms. The number of H-pyrrole nitrogens is 6. The van der Waals surface area contributed by atoms with Crippen LogP contribution in [0.5, 0.6) is 0 Å². The largest absolute Gasteiger partial charge is 3.00 e. The number of benzene rings is 9. The molecule has 18 aromatic rings. The van der Waals surface area contributed by atoms with E-state index in [0.717, 1.165) is 51.2 Å². The molecule has 6 N–H and O–H groups in total. The van der Waals surface area contributed by atoms with Crippen LogP contribution in [0.4, 0.5) is 0 Å². The maximum absolute atomic E-state index is 4.98. The Bertz CT molecular complexity index is 6180. The topological polar surface area (TPSA) is 171 Å². The zero-order valence-electron chi connectivity index (χ0n) is 82.4. The monoisotopic (exact) mass is 1900 g/mol. The first kappa shape index (κ1) is 99.8. The summed E-state index contributed by atoms with van der Waals surface area (Å²) in [6, 6.07) is 60.2. The van der Waals surface area contributed by atoms with E-state index in [2.05, 4.69) is 460 Å².